The van der Waals surface area contributed by atoms with Gasteiger partial charge in [-0.25, -0.2) is 0 Å². The Morgan fingerprint density at radius 3 is 2.26 bits per heavy atom. The number of hydrogen-bond acceptors (Lipinski definition) is 4. The second-order valence-corrected chi connectivity index (χ2v) is 8.08. The lowest BCUT2D eigenvalue weighted by Gasteiger charge is -2.25. The summed E-state index contributed by atoms with van der Waals surface area (Å²) in [5.74, 6) is -0.175. The van der Waals surface area contributed by atoms with E-state index in [4.69, 9.17) is 4.74 Å². The van der Waals surface area contributed by atoms with Crippen molar-refractivity contribution in [3.63, 3.8) is 0 Å². The number of morpholine rings is 1. The van der Waals surface area contributed by atoms with E-state index < -0.39 is 0 Å². The van der Waals surface area contributed by atoms with Gasteiger partial charge in [-0.2, -0.15) is 0 Å². The van der Waals surface area contributed by atoms with Crippen LogP contribution < -0.4 is 10.6 Å². The third-order valence-electron chi connectivity index (χ3n) is 6.02. The van der Waals surface area contributed by atoms with Crippen molar-refractivity contribution in [3.8, 4) is 0 Å². The SMILES string of the molecule is O=C(CN1CCOCC1)Nc1ccc(NC(=O)c2ccc3c4c(cccc24)CC3)cc1. The van der Waals surface area contributed by atoms with Gasteiger partial charge in [0.25, 0.3) is 5.91 Å². The molecule has 158 valence electrons. The molecule has 2 aliphatic rings. The van der Waals surface area contributed by atoms with Crippen LogP contribution in [0.4, 0.5) is 11.4 Å². The minimum absolute atomic E-state index is 0.0495. The molecule has 0 unspecified atom stereocenters. The van der Waals surface area contributed by atoms with Crippen LogP contribution in [0.2, 0.25) is 0 Å². The molecule has 1 heterocycles. The summed E-state index contributed by atoms with van der Waals surface area (Å²) in [7, 11) is 0. The normalized spacial score (nSPS) is 15.7. The molecular weight excluding hydrogens is 390 g/mol. The molecule has 6 heteroatoms. The monoisotopic (exact) mass is 415 g/mol. The summed E-state index contributed by atoms with van der Waals surface area (Å²) in [5, 5.41) is 8.13. The third-order valence-corrected chi connectivity index (χ3v) is 6.02. The van der Waals surface area contributed by atoms with E-state index in [2.05, 4.69) is 27.7 Å². The van der Waals surface area contributed by atoms with Crippen LogP contribution in [0.3, 0.4) is 0 Å². The number of aryl methyl sites for hydroxylation is 2. The number of benzene rings is 3. The van der Waals surface area contributed by atoms with Gasteiger partial charge in [0, 0.05) is 30.0 Å². The predicted octanol–water partition coefficient (Wildman–Crippen LogP) is 3.46. The summed E-state index contributed by atoms with van der Waals surface area (Å²) in [6, 6.07) is 17.4. The molecule has 1 fully saturated rings. The number of nitrogens with zero attached hydrogens (tertiary/aromatic N) is 1. The van der Waals surface area contributed by atoms with Crippen LogP contribution in [0.1, 0.15) is 21.5 Å². The first-order valence-corrected chi connectivity index (χ1v) is 10.7. The fourth-order valence-corrected chi connectivity index (χ4v) is 4.44. The summed E-state index contributed by atoms with van der Waals surface area (Å²) in [6.07, 6.45) is 2.08. The second kappa shape index (κ2) is 8.49. The fourth-order valence-electron chi connectivity index (χ4n) is 4.44. The van der Waals surface area contributed by atoms with Crippen LogP contribution in [-0.4, -0.2) is 49.6 Å². The molecule has 31 heavy (non-hydrogen) atoms. The molecule has 1 saturated heterocycles. The number of nitrogens with one attached hydrogen (secondary N) is 2. The molecule has 2 N–H and O–H groups in total. The van der Waals surface area contributed by atoms with Gasteiger partial charge in [0.15, 0.2) is 0 Å². The minimum atomic E-state index is -0.125. The molecule has 0 spiro atoms. The first-order chi connectivity index (χ1) is 15.2. The van der Waals surface area contributed by atoms with Crippen molar-refractivity contribution >= 4 is 34.0 Å². The number of carbonyl (C=O) groups is 2. The summed E-state index contributed by atoms with van der Waals surface area (Å²) in [6.45, 7) is 3.24. The molecule has 3 aromatic carbocycles. The lowest BCUT2D eigenvalue weighted by molar-refractivity contribution is -0.118. The maximum Gasteiger partial charge on any atom is 0.256 e. The van der Waals surface area contributed by atoms with Crippen molar-refractivity contribution in [2.24, 2.45) is 0 Å². The molecule has 0 saturated carbocycles. The van der Waals surface area contributed by atoms with Gasteiger partial charge in [0.05, 0.1) is 19.8 Å². The maximum atomic E-state index is 13.0. The van der Waals surface area contributed by atoms with Crippen molar-refractivity contribution in [1.29, 1.82) is 0 Å². The largest absolute Gasteiger partial charge is 0.379 e. The Labute approximate surface area is 181 Å². The highest BCUT2D eigenvalue weighted by atomic mass is 16.5. The molecule has 6 nitrogen and oxygen atoms in total. The van der Waals surface area contributed by atoms with Crippen LogP contribution in [0, 0.1) is 0 Å². The Morgan fingerprint density at radius 2 is 1.52 bits per heavy atom. The van der Waals surface area contributed by atoms with Crippen molar-refractivity contribution in [3.05, 3.63) is 71.3 Å². The molecule has 1 aliphatic carbocycles. The molecule has 3 aromatic rings. The number of amides is 2. The molecule has 0 aromatic heterocycles. The lowest BCUT2D eigenvalue weighted by atomic mass is 9.99. The maximum absolute atomic E-state index is 13.0. The van der Waals surface area contributed by atoms with Gasteiger partial charge in [-0.15, -0.1) is 0 Å². The van der Waals surface area contributed by atoms with Gasteiger partial charge in [0.2, 0.25) is 5.91 Å². The first-order valence-electron chi connectivity index (χ1n) is 10.7. The van der Waals surface area contributed by atoms with Gasteiger partial charge in [-0.1, -0.05) is 24.3 Å². The van der Waals surface area contributed by atoms with Gasteiger partial charge in [0.1, 0.15) is 0 Å². The number of carbonyl (C=O) groups excluding carboxylic acids is 2. The standard InChI is InChI=1S/C25H25N3O3/c29-23(16-28-12-14-31-15-13-28)26-19-7-9-20(10-8-19)27-25(30)22-11-6-18-5-4-17-2-1-3-21(22)24(17)18/h1-3,6-11H,4-5,12-16H2,(H,26,29)(H,27,30). The quantitative estimate of drug-likeness (QED) is 0.670. The van der Waals surface area contributed by atoms with Crippen LogP contribution in [0.25, 0.3) is 10.8 Å². The van der Waals surface area contributed by atoms with E-state index in [-0.39, 0.29) is 11.8 Å². The van der Waals surface area contributed by atoms with Gasteiger partial charge in [-0.3, -0.25) is 14.5 Å². The van der Waals surface area contributed by atoms with Crippen LogP contribution >= 0.6 is 0 Å². The summed E-state index contributed by atoms with van der Waals surface area (Å²) in [4.78, 5) is 27.3. The Bertz CT molecular complexity index is 1120. The highest BCUT2D eigenvalue weighted by molar-refractivity contribution is 6.14. The van der Waals surface area contributed by atoms with Crippen molar-refractivity contribution < 1.29 is 14.3 Å². The van der Waals surface area contributed by atoms with Crippen molar-refractivity contribution in [2.75, 3.05) is 43.5 Å². The average Bonchev–Trinajstić information content (AvgIpc) is 3.21. The van der Waals surface area contributed by atoms with E-state index in [1.807, 2.05) is 30.3 Å². The van der Waals surface area contributed by atoms with Crippen LogP contribution in [-0.2, 0) is 22.4 Å². The second-order valence-electron chi connectivity index (χ2n) is 8.08. The molecule has 2 amide bonds. The third kappa shape index (κ3) is 4.17. The number of ether oxygens (including phenoxy) is 1. The smallest absolute Gasteiger partial charge is 0.256 e. The number of hydrogen-bond donors (Lipinski definition) is 2. The summed E-state index contributed by atoms with van der Waals surface area (Å²) in [5.41, 5.74) is 4.73. The van der Waals surface area contributed by atoms with Crippen molar-refractivity contribution in [2.45, 2.75) is 12.8 Å². The lowest BCUT2D eigenvalue weighted by Crippen LogP contribution is -2.41. The average molecular weight is 415 g/mol. The minimum Gasteiger partial charge on any atom is -0.379 e. The van der Waals surface area contributed by atoms with Crippen molar-refractivity contribution in [1.82, 2.24) is 4.90 Å². The number of anilines is 2. The van der Waals surface area contributed by atoms with E-state index in [1.54, 1.807) is 12.1 Å². The van der Waals surface area contributed by atoms with Crippen LogP contribution in [0.15, 0.2) is 54.6 Å². The van der Waals surface area contributed by atoms with Gasteiger partial charge in [-0.05, 0) is 65.1 Å². The van der Waals surface area contributed by atoms with E-state index in [0.29, 0.717) is 36.7 Å². The molecule has 0 atom stereocenters. The number of rotatable bonds is 5. The summed E-state index contributed by atoms with van der Waals surface area (Å²) < 4.78 is 5.31. The molecule has 0 bridgehead atoms. The predicted molar refractivity (Wildman–Crippen MR) is 122 cm³/mol. The first kappa shape index (κ1) is 19.7. The van der Waals surface area contributed by atoms with E-state index in [9.17, 15) is 9.59 Å². The fraction of sp³-hybridized carbons (Fsp3) is 0.280. The Kier molecular flexibility index (Phi) is 5.40. The molecular formula is C25H25N3O3. The Morgan fingerprint density at radius 1 is 0.839 bits per heavy atom. The zero-order valence-corrected chi connectivity index (χ0v) is 17.3. The van der Waals surface area contributed by atoms with E-state index in [0.717, 1.165) is 31.3 Å². The molecule has 0 radical (unpaired) electrons. The van der Waals surface area contributed by atoms with Gasteiger partial charge >= 0.3 is 0 Å². The zero-order chi connectivity index (χ0) is 21.2. The Hall–Kier alpha value is -3.22. The highest BCUT2D eigenvalue weighted by Crippen LogP contribution is 2.33. The Balaban J connectivity index is 1.24. The summed E-state index contributed by atoms with van der Waals surface area (Å²) >= 11 is 0. The van der Waals surface area contributed by atoms with Crippen LogP contribution in [0.5, 0.6) is 0 Å². The van der Waals surface area contributed by atoms with E-state index in [1.165, 1.54) is 16.5 Å². The zero-order valence-electron chi connectivity index (χ0n) is 17.3. The van der Waals surface area contributed by atoms with E-state index >= 15 is 0 Å². The van der Waals surface area contributed by atoms with Gasteiger partial charge < -0.3 is 15.4 Å². The highest BCUT2D eigenvalue weighted by Gasteiger charge is 2.19. The molecule has 1 aliphatic heterocycles. The molecule has 5 rings (SSSR count). The topological polar surface area (TPSA) is 70.7 Å².